The summed E-state index contributed by atoms with van der Waals surface area (Å²) >= 11 is 0. The third-order valence-corrected chi connectivity index (χ3v) is 5.81. The van der Waals surface area contributed by atoms with Crippen molar-refractivity contribution >= 4 is 5.95 Å². The molecule has 1 aromatic rings. The van der Waals surface area contributed by atoms with Crippen LogP contribution in [0.1, 0.15) is 40.0 Å². The summed E-state index contributed by atoms with van der Waals surface area (Å²) in [6.07, 6.45) is 9.99. The molecule has 0 amide bonds. The van der Waals surface area contributed by atoms with Gasteiger partial charge in [0, 0.05) is 36.4 Å². The fourth-order valence-electron chi connectivity index (χ4n) is 3.49. The molecule has 180 valence electrons. The minimum absolute atomic E-state index is 0.190. The number of alkyl halides is 1. The van der Waals surface area contributed by atoms with Crippen molar-refractivity contribution in [2.75, 3.05) is 18.4 Å². The fourth-order valence-corrected chi connectivity index (χ4v) is 3.49. The molecule has 1 aliphatic rings. The number of aromatic nitrogens is 2. The maximum atomic E-state index is 13.9. The Labute approximate surface area is 197 Å². The molecule has 0 saturated carbocycles. The van der Waals surface area contributed by atoms with Crippen LogP contribution in [0.5, 0.6) is 0 Å². The zero-order valence-corrected chi connectivity index (χ0v) is 20.1. The van der Waals surface area contributed by atoms with Gasteiger partial charge in [-0.3, -0.25) is 0 Å². The van der Waals surface area contributed by atoms with E-state index in [0.29, 0.717) is 30.6 Å². The summed E-state index contributed by atoms with van der Waals surface area (Å²) in [6, 6.07) is 1.32. The number of anilines is 1. The van der Waals surface area contributed by atoms with Crippen LogP contribution in [0.25, 0.3) is 0 Å². The van der Waals surface area contributed by atoms with Crippen molar-refractivity contribution < 1.29 is 4.39 Å². The van der Waals surface area contributed by atoms with Crippen molar-refractivity contribution in [3.63, 3.8) is 0 Å². The molecule has 0 aliphatic carbocycles. The third kappa shape index (κ3) is 7.54. The van der Waals surface area contributed by atoms with Crippen LogP contribution in [0.2, 0.25) is 0 Å². The Morgan fingerprint density at radius 1 is 1.36 bits per heavy atom. The number of piperidine rings is 1. The number of nitrogens with one attached hydrogen (secondary N) is 2. The smallest absolute Gasteiger partial charge is 0.228 e. The summed E-state index contributed by atoms with van der Waals surface area (Å²) in [4.78, 5) is 10.5. The highest BCUT2D eigenvalue weighted by molar-refractivity contribution is 5.42. The maximum absolute atomic E-state index is 13.9. The highest BCUT2D eigenvalue weighted by Crippen LogP contribution is 2.34. The molecule has 2 rings (SSSR count). The SMILES string of the molecule is C=C(NCC(N)C(C)(C)F)/C(C)=C/C=C1/CCC(CCN)N(C(=C)Nc2ncccn2)C1=C. The number of hydrogen-bond acceptors (Lipinski definition) is 7. The average Bonchev–Trinajstić information content (AvgIpc) is 2.76. The first-order valence-corrected chi connectivity index (χ1v) is 11.2. The molecule has 2 heterocycles. The van der Waals surface area contributed by atoms with Crippen molar-refractivity contribution in [2.24, 2.45) is 11.5 Å². The van der Waals surface area contributed by atoms with Crippen molar-refractivity contribution in [3.05, 3.63) is 78.7 Å². The van der Waals surface area contributed by atoms with Gasteiger partial charge in [-0.2, -0.15) is 0 Å². The van der Waals surface area contributed by atoms with Gasteiger partial charge in [0.25, 0.3) is 0 Å². The predicted molar refractivity (Wildman–Crippen MR) is 135 cm³/mol. The maximum Gasteiger partial charge on any atom is 0.228 e. The van der Waals surface area contributed by atoms with Crippen LogP contribution in [0.15, 0.2) is 78.7 Å². The average molecular weight is 456 g/mol. The Hall–Kier alpha value is -2.97. The van der Waals surface area contributed by atoms with Crippen LogP contribution in [0.4, 0.5) is 10.3 Å². The minimum Gasteiger partial charge on any atom is -0.384 e. The van der Waals surface area contributed by atoms with Gasteiger partial charge in [-0.15, -0.1) is 0 Å². The van der Waals surface area contributed by atoms with E-state index in [9.17, 15) is 4.39 Å². The van der Waals surface area contributed by atoms with Gasteiger partial charge in [-0.05, 0) is 63.8 Å². The fraction of sp³-hybridized carbons (Fsp3) is 0.440. The summed E-state index contributed by atoms with van der Waals surface area (Å²) in [5, 5.41) is 6.30. The second-order valence-corrected chi connectivity index (χ2v) is 8.80. The molecular weight excluding hydrogens is 417 g/mol. The van der Waals surface area contributed by atoms with Crippen molar-refractivity contribution in [2.45, 2.75) is 57.8 Å². The van der Waals surface area contributed by atoms with Crippen LogP contribution in [-0.2, 0) is 0 Å². The van der Waals surface area contributed by atoms with E-state index in [1.807, 2.05) is 19.1 Å². The number of halogens is 1. The van der Waals surface area contributed by atoms with E-state index in [1.54, 1.807) is 18.5 Å². The van der Waals surface area contributed by atoms with Gasteiger partial charge in [-0.1, -0.05) is 31.9 Å². The first-order chi connectivity index (χ1) is 15.5. The monoisotopic (exact) mass is 455 g/mol. The zero-order chi connectivity index (χ0) is 24.6. The first-order valence-electron chi connectivity index (χ1n) is 11.2. The van der Waals surface area contributed by atoms with E-state index >= 15 is 0 Å². The molecule has 1 aliphatic heterocycles. The molecule has 1 aromatic heterocycles. The quantitative estimate of drug-likeness (QED) is 0.377. The number of nitrogens with two attached hydrogens (primary N) is 2. The topological polar surface area (TPSA) is 105 Å². The van der Waals surface area contributed by atoms with Gasteiger partial charge in [0.05, 0.1) is 6.04 Å². The van der Waals surface area contributed by atoms with E-state index in [-0.39, 0.29) is 6.04 Å². The Bertz CT molecular complexity index is 899. The lowest BCUT2D eigenvalue weighted by molar-refractivity contribution is 0.172. The molecule has 0 aromatic carbocycles. The largest absolute Gasteiger partial charge is 0.384 e. The van der Waals surface area contributed by atoms with E-state index in [1.165, 1.54) is 13.8 Å². The molecule has 7 nitrogen and oxygen atoms in total. The molecule has 1 saturated heterocycles. The summed E-state index contributed by atoms with van der Waals surface area (Å²) in [6.45, 7) is 18.4. The van der Waals surface area contributed by atoms with Crippen LogP contribution in [-0.4, -0.2) is 45.7 Å². The van der Waals surface area contributed by atoms with E-state index < -0.39 is 11.7 Å². The lowest BCUT2D eigenvalue weighted by atomic mass is 9.92. The van der Waals surface area contributed by atoms with Crippen LogP contribution in [0.3, 0.4) is 0 Å². The second kappa shape index (κ2) is 11.8. The molecule has 0 radical (unpaired) electrons. The third-order valence-electron chi connectivity index (χ3n) is 5.81. The number of allylic oxidation sites excluding steroid dienone is 4. The number of rotatable bonds is 11. The van der Waals surface area contributed by atoms with E-state index in [2.05, 4.69) is 45.2 Å². The van der Waals surface area contributed by atoms with E-state index in [4.69, 9.17) is 11.5 Å². The summed E-state index contributed by atoms with van der Waals surface area (Å²) in [5.74, 6) is 1.13. The molecule has 1 fully saturated rings. The van der Waals surface area contributed by atoms with Gasteiger partial charge in [0.1, 0.15) is 11.5 Å². The van der Waals surface area contributed by atoms with Crippen LogP contribution in [0, 0.1) is 0 Å². The highest BCUT2D eigenvalue weighted by Gasteiger charge is 2.29. The standard InChI is InChI=1S/C25H38FN7/c1-17(18(2)31-16-23(28)25(5,6)26)8-9-21-10-11-22(12-13-27)33(19(21)3)20(4)32-24-29-14-7-15-30-24/h7-9,14-15,22-23,31H,2-4,10-13,16,27-28H2,1,5-6H3,(H,29,30,32)/b17-8+,21-9-. The summed E-state index contributed by atoms with van der Waals surface area (Å²) in [5.41, 5.74) is 13.9. The van der Waals surface area contributed by atoms with Crippen LogP contribution >= 0.6 is 0 Å². The number of hydrogen-bond donors (Lipinski definition) is 4. The molecule has 8 heteroatoms. The lowest BCUT2D eigenvalue weighted by Crippen LogP contribution is -2.46. The van der Waals surface area contributed by atoms with Gasteiger partial charge >= 0.3 is 0 Å². The van der Waals surface area contributed by atoms with Gasteiger partial charge < -0.3 is 27.0 Å². The molecule has 2 atom stereocenters. The summed E-state index contributed by atoms with van der Waals surface area (Å²) < 4.78 is 13.9. The van der Waals surface area contributed by atoms with Crippen molar-refractivity contribution in [1.82, 2.24) is 20.2 Å². The normalized spacial score (nSPS) is 19.4. The molecule has 2 unspecified atom stereocenters. The minimum atomic E-state index is -1.46. The highest BCUT2D eigenvalue weighted by atomic mass is 19.1. The first kappa shape index (κ1) is 26.3. The molecule has 0 spiro atoms. The van der Waals surface area contributed by atoms with Crippen LogP contribution < -0.4 is 22.1 Å². The predicted octanol–water partition coefficient (Wildman–Crippen LogP) is 3.74. The van der Waals surface area contributed by atoms with Crippen molar-refractivity contribution in [1.29, 1.82) is 0 Å². The number of nitrogens with zero attached hydrogens (tertiary/aromatic N) is 3. The van der Waals surface area contributed by atoms with Gasteiger partial charge in [0.2, 0.25) is 5.95 Å². The zero-order valence-electron chi connectivity index (χ0n) is 20.1. The Morgan fingerprint density at radius 2 is 2.03 bits per heavy atom. The molecular formula is C25H38FN7. The molecule has 0 bridgehead atoms. The second-order valence-electron chi connectivity index (χ2n) is 8.80. The van der Waals surface area contributed by atoms with E-state index in [0.717, 1.165) is 36.1 Å². The lowest BCUT2D eigenvalue weighted by Gasteiger charge is -2.41. The Kier molecular flexibility index (Phi) is 9.37. The van der Waals surface area contributed by atoms with Crippen molar-refractivity contribution in [3.8, 4) is 0 Å². The molecule has 6 N–H and O–H groups in total. The Balaban J connectivity index is 2.12. The molecule has 33 heavy (non-hydrogen) atoms. The van der Waals surface area contributed by atoms with Gasteiger partial charge in [0.15, 0.2) is 0 Å². The number of likely N-dealkylation sites (tertiary alicyclic amines) is 1. The van der Waals surface area contributed by atoms with Gasteiger partial charge in [-0.25, -0.2) is 14.4 Å². The summed E-state index contributed by atoms with van der Waals surface area (Å²) in [7, 11) is 0. The Morgan fingerprint density at radius 3 is 2.64 bits per heavy atom.